The van der Waals surface area contributed by atoms with Crippen LogP contribution in [0.4, 0.5) is 0 Å². The van der Waals surface area contributed by atoms with E-state index in [4.69, 9.17) is 22.1 Å². The standard InChI is InChI=1S/C15H23ClN2O/c1-18-9-3-2-6-13(18)8-10-19-15-12(11-17)5-4-7-14(15)16/h4-5,7,13H,2-3,6,8-11,17H2,1H3. The molecule has 1 aromatic carbocycles. The van der Waals surface area contributed by atoms with Crippen LogP contribution >= 0.6 is 11.6 Å². The van der Waals surface area contributed by atoms with Crippen molar-refractivity contribution >= 4 is 11.6 Å². The lowest BCUT2D eigenvalue weighted by Gasteiger charge is -2.32. The van der Waals surface area contributed by atoms with Crippen molar-refractivity contribution in [1.82, 2.24) is 4.90 Å². The molecule has 0 aliphatic carbocycles. The van der Waals surface area contributed by atoms with Crippen LogP contribution in [-0.2, 0) is 6.54 Å². The van der Waals surface area contributed by atoms with Gasteiger partial charge in [0.05, 0.1) is 11.6 Å². The van der Waals surface area contributed by atoms with Crippen molar-refractivity contribution in [2.45, 2.75) is 38.3 Å². The smallest absolute Gasteiger partial charge is 0.142 e. The van der Waals surface area contributed by atoms with Gasteiger partial charge in [0.2, 0.25) is 0 Å². The van der Waals surface area contributed by atoms with E-state index in [9.17, 15) is 0 Å². The third-order valence-corrected chi connectivity index (χ3v) is 4.19. The van der Waals surface area contributed by atoms with Crippen LogP contribution in [0.1, 0.15) is 31.2 Å². The normalized spacial score (nSPS) is 20.5. The molecule has 4 heteroatoms. The Morgan fingerprint density at radius 2 is 2.26 bits per heavy atom. The molecule has 106 valence electrons. The predicted molar refractivity (Wildman–Crippen MR) is 79.7 cm³/mol. The molecule has 2 N–H and O–H groups in total. The third-order valence-electron chi connectivity index (χ3n) is 3.89. The highest BCUT2D eigenvalue weighted by Crippen LogP contribution is 2.29. The zero-order chi connectivity index (χ0) is 13.7. The number of ether oxygens (including phenoxy) is 1. The minimum absolute atomic E-state index is 0.458. The van der Waals surface area contributed by atoms with E-state index in [1.165, 1.54) is 25.8 Å². The maximum atomic E-state index is 6.17. The molecule has 1 saturated heterocycles. The van der Waals surface area contributed by atoms with Gasteiger partial charge in [0.25, 0.3) is 0 Å². The molecule has 0 amide bonds. The highest BCUT2D eigenvalue weighted by molar-refractivity contribution is 6.32. The molecular formula is C15H23ClN2O. The molecule has 1 aliphatic heterocycles. The predicted octanol–water partition coefficient (Wildman–Crippen LogP) is 3.05. The van der Waals surface area contributed by atoms with E-state index in [1.54, 1.807) is 0 Å². The molecule has 1 aliphatic rings. The molecule has 19 heavy (non-hydrogen) atoms. The van der Waals surface area contributed by atoms with Crippen LogP contribution in [0.3, 0.4) is 0 Å². The molecule has 1 atom stereocenters. The van der Waals surface area contributed by atoms with Crippen LogP contribution in [0.15, 0.2) is 18.2 Å². The summed E-state index contributed by atoms with van der Waals surface area (Å²) in [5.41, 5.74) is 6.69. The first-order valence-corrected chi connectivity index (χ1v) is 7.40. The molecule has 1 heterocycles. The van der Waals surface area contributed by atoms with Crippen molar-refractivity contribution < 1.29 is 4.74 Å². The van der Waals surface area contributed by atoms with Gasteiger partial charge in [0.1, 0.15) is 5.75 Å². The van der Waals surface area contributed by atoms with Gasteiger partial charge in [-0.1, -0.05) is 30.2 Å². The average Bonchev–Trinajstić information content (AvgIpc) is 2.42. The number of para-hydroxylation sites is 1. The maximum Gasteiger partial charge on any atom is 0.142 e. The van der Waals surface area contributed by atoms with Crippen LogP contribution in [-0.4, -0.2) is 31.1 Å². The van der Waals surface area contributed by atoms with E-state index < -0.39 is 0 Å². The number of nitrogens with zero attached hydrogens (tertiary/aromatic N) is 1. The molecule has 1 aromatic rings. The lowest BCUT2D eigenvalue weighted by molar-refractivity contribution is 0.153. The monoisotopic (exact) mass is 282 g/mol. The third kappa shape index (κ3) is 3.85. The van der Waals surface area contributed by atoms with Gasteiger partial charge in [-0.3, -0.25) is 0 Å². The lowest BCUT2D eigenvalue weighted by Crippen LogP contribution is -2.37. The number of rotatable bonds is 5. The van der Waals surface area contributed by atoms with E-state index in [-0.39, 0.29) is 0 Å². The Kier molecular flexibility index (Phi) is 5.49. The first-order chi connectivity index (χ1) is 9.22. The van der Waals surface area contributed by atoms with E-state index >= 15 is 0 Å². The van der Waals surface area contributed by atoms with Crippen molar-refractivity contribution in [3.8, 4) is 5.75 Å². The van der Waals surface area contributed by atoms with Crippen molar-refractivity contribution in [1.29, 1.82) is 0 Å². The Labute approximate surface area is 120 Å². The number of nitrogens with two attached hydrogens (primary N) is 1. The molecule has 0 radical (unpaired) electrons. The van der Waals surface area contributed by atoms with Crippen LogP contribution in [0, 0.1) is 0 Å². The SMILES string of the molecule is CN1CCCCC1CCOc1c(Cl)cccc1CN. The van der Waals surface area contributed by atoms with Crippen molar-refractivity contribution in [2.24, 2.45) is 5.73 Å². The minimum atomic E-state index is 0.458. The molecule has 3 nitrogen and oxygen atoms in total. The Morgan fingerprint density at radius 1 is 1.42 bits per heavy atom. The Hall–Kier alpha value is -0.770. The summed E-state index contributed by atoms with van der Waals surface area (Å²) in [5.74, 6) is 0.755. The highest BCUT2D eigenvalue weighted by atomic mass is 35.5. The maximum absolute atomic E-state index is 6.17. The van der Waals surface area contributed by atoms with Gasteiger partial charge < -0.3 is 15.4 Å². The molecule has 0 bridgehead atoms. The molecular weight excluding hydrogens is 260 g/mol. The topological polar surface area (TPSA) is 38.5 Å². The van der Waals surface area contributed by atoms with Crippen LogP contribution < -0.4 is 10.5 Å². The zero-order valence-corrected chi connectivity index (χ0v) is 12.3. The summed E-state index contributed by atoms with van der Waals surface area (Å²) >= 11 is 6.17. The van der Waals surface area contributed by atoms with E-state index in [2.05, 4.69) is 11.9 Å². The summed E-state index contributed by atoms with van der Waals surface area (Å²) in [5, 5.41) is 0.653. The number of hydrogen-bond acceptors (Lipinski definition) is 3. The fourth-order valence-corrected chi connectivity index (χ4v) is 2.93. The second-order valence-electron chi connectivity index (χ2n) is 5.20. The number of hydrogen-bond donors (Lipinski definition) is 1. The van der Waals surface area contributed by atoms with Gasteiger partial charge in [-0.15, -0.1) is 0 Å². The lowest BCUT2D eigenvalue weighted by atomic mass is 10.0. The summed E-state index contributed by atoms with van der Waals surface area (Å²) in [6, 6.07) is 6.36. The van der Waals surface area contributed by atoms with Crippen molar-refractivity contribution in [3.63, 3.8) is 0 Å². The summed E-state index contributed by atoms with van der Waals surface area (Å²) in [4.78, 5) is 2.43. The summed E-state index contributed by atoms with van der Waals surface area (Å²) in [7, 11) is 2.20. The van der Waals surface area contributed by atoms with E-state index in [1.807, 2.05) is 18.2 Å². The molecule has 0 spiro atoms. The van der Waals surface area contributed by atoms with E-state index in [0.29, 0.717) is 24.2 Å². The minimum Gasteiger partial charge on any atom is -0.492 e. The number of piperidine rings is 1. The van der Waals surface area contributed by atoms with Gasteiger partial charge in [0, 0.05) is 18.2 Å². The molecule has 2 rings (SSSR count). The average molecular weight is 283 g/mol. The van der Waals surface area contributed by atoms with Crippen LogP contribution in [0.25, 0.3) is 0 Å². The number of halogens is 1. The van der Waals surface area contributed by atoms with Gasteiger partial charge >= 0.3 is 0 Å². The Balaban J connectivity index is 1.88. The summed E-state index contributed by atoms with van der Waals surface area (Å²) in [6.07, 6.45) is 4.96. The summed E-state index contributed by atoms with van der Waals surface area (Å²) in [6.45, 7) is 2.36. The van der Waals surface area contributed by atoms with Crippen molar-refractivity contribution in [2.75, 3.05) is 20.2 Å². The first-order valence-electron chi connectivity index (χ1n) is 7.03. The van der Waals surface area contributed by atoms with Gasteiger partial charge in [-0.2, -0.15) is 0 Å². The first kappa shape index (κ1) is 14.6. The van der Waals surface area contributed by atoms with Crippen LogP contribution in [0.2, 0.25) is 5.02 Å². The molecule has 0 aromatic heterocycles. The quantitative estimate of drug-likeness (QED) is 0.902. The van der Waals surface area contributed by atoms with Gasteiger partial charge in [-0.25, -0.2) is 0 Å². The largest absolute Gasteiger partial charge is 0.492 e. The number of benzene rings is 1. The zero-order valence-electron chi connectivity index (χ0n) is 11.6. The second kappa shape index (κ2) is 7.13. The Morgan fingerprint density at radius 3 is 3.00 bits per heavy atom. The number of likely N-dealkylation sites (tertiary alicyclic amines) is 1. The molecule has 1 unspecified atom stereocenters. The fraction of sp³-hybridized carbons (Fsp3) is 0.600. The van der Waals surface area contributed by atoms with Crippen LogP contribution in [0.5, 0.6) is 5.75 Å². The van der Waals surface area contributed by atoms with Crippen molar-refractivity contribution in [3.05, 3.63) is 28.8 Å². The van der Waals surface area contributed by atoms with E-state index in [0.717, 1.165) is 17.7 Å². The second-order valence-corrected chi connectivity index (χ2v) is 5.61. The van der Waals surface area contributed by atoms with Gasteiger partial charge in [-0.05, 0) is 38.9 Å². The molecule has 0 saturated carbocycles. The highest BCUT2D eigenvalue weighted by Gasteiger charge is 2.18. The summed E-state index contributed by atoms with van der Waals surface area (Å²) < 4.78 is 5.87. The fourth-order valence-electron chi connectivity index (χ4n) is 2.68. The van der Waals surface area contributed by atoms with Gasteiger partial charge in [0.15, 0.2) is 0 Å². The molecule has 1 fully saturated rings. The Bertz CT molecular complexity index is 411.